The zero-order valence-electron chi connectivity index (χ0n) is 13.4. The fourth-order valence-corrected chi connectivity index (χ4v) is 3.34. The van der Waals surface area contributed by atoms with Crippen LogP contribution in [0.25, 0.3) is 0 Å². The van der Waals surface area contributed by atoms with Gasteiger partial charge in [0.1, 0.15) is 18.2 Å². The van der Waals surface area contributed by atoms with Crippen LogP contribution in [-0.4, -0.2) is 19.2 Å². The Morgan fingerprint density at radius 2 is 1.86 bits per heavy atom. The van der Waals surface area contributed by atoms with Gasteiger partial charge in [-0.05, 0) is 74.2 Å². The van der Waals surface area contributed by atoms with Crippen LogP contribution in [0.3, 0.4) is 0 Å². The summed E-state index contributed by atoms with van der Waals surface area (Å²) in [6.45, 7) is 7.80. The molecule has 1 atom stereocenters. The SMILES string of the molecule is CCN1c2ccc(F)cc2C[C@@H]1COc1cc(C)cc(C)c1. The Morgan fingerprint density at radius 3 is 2.55 bits per heavy atom. The number of likely N-dealkylation sites (N-methyl/N-ethyl adjacent to an activating group) is 1. The molecule has 2 aromatic rings. The summed E-state index contributed by atoms with van der Waals surface area (Å²) in [6, 6.07) is 11.6. The smallest absolute Gasteiger partial charge is 0.123 e. The number of hydrogen-bond donors (Lipinski definition) is 0. The van der Waals surface area contributed by atoms with Gasteiger partial charge in [0.15, 0.2) is 0 Å². The predicted octanol–water partition coefficient (Wildman–Crippen LogP) is 4.27. The zero-order valence-corrected chi connectivity index (χ0v) is 13.4. The van der Waals surface area contributed by atoms with Gasteiger partial charge in [-0.3, -0.25) is 0 Å². The zero-order chi connectivity index (χ0) is 15.7. The van der Waals surface area contributed by atoms with Crippen LogP contribution in [0.5, 0.6) is 5.75 Å². The molecule has 0 spiro atoms. The Hall–Kier alpha value is -2.03. The average molecular weight is 299 g/mol. The first-order valence-electron chi connectivity index (χ1n) is 7.83. The molecule has 0 unspecified atom stereocenters. The normalized spacial score (nSPS) is 16.7. The Morgan fingerprint density at radius 1 is 1.14 bits per heavy atom. The molecule has 2 nitrogen and oxygen atoms in total. The van der Waals surface area contributed by atoms with E-state index in [1.165, 1.54) is 17.2 Å². The van der Waals surface area contributed by atoms with Crippen LogP contribution in [-0.2, 0) is 6.42 Å². The maximum Gasteiger partial charge on any atom is 0.123 e. The summed E-state index contributed by atoms with van der Waals surface area (Å²) in [4.78, 5) is 2.30. The van der Waals surface area contributed by atoms with Gasteiger partial charge in [0.05, 0.1) is 6.04 Å². The number of nitrogens with zero attached hydrogens (tertiary/aromatic N) is 1. The van der Waals surface area contributed by atoms with Crippen LogP contribution in [0.2, 0.25) is 0 Å². The first-order chi connectivity index (χ1) is 10.6. The van der Waals surface area contributed by atoms with Gasteiger partial charge in [-0.1, -0.05) is 6.07 Å². The van der Waals surface area contributed by atoms with E-state index in [9.17, 15) is 4.39 Å². The summed E-state index contributed by atoms with van der Waals surface area (Å²) in [7, 11) is 0. The number of benzene rings is 2. The highest BCUT2D eigenvalue weighted by Crippen LogP contribution is 2.32. The Bertz CT molecular complexity index is 663. The molecule has 3 rings (SSSR count). The Kier molecular flexibility index (Phi) is 4.06. The summed E-state index contributed by atoms with van der Waals surface area (Å²) in [5.74, 6) is 0.751. The highest BCUT2D eigenvalue weighted by Gasteiger charge is 2.28. The van der Waals surface area contributed by atoms with E-state index in [-0.39, 0.29) is 11.9 Å². The molecule has 0 radical (unpaired) electrons. The van der Waals surface area contributed by atoms with E-state index in [4.69, 9.17) is 4.74 Å². The van der Waals surface area contributed by atoms with Gasteiger partial charge >= 0.3 is 0 Å². The molecule has 0 aromatic heterocycles. The van der Waals surface area contributed by atoms with E-state index in [1.54, 1.807) is 6.07 Å². The first-order valence-corrected chi connectivity index (χ1v) is 7.83. The molecule has 3 heteroatoms. The van der Waals surface area contributed by atoms with Gasteiger partial charge in [0.25, 0.3) is 0 Å². The van der Waals surface area contributed by atoms with Gasteiger partial charge in [-0.2, -0.15) is 0 Å². The first kappa shape index (κ1) is 14.9. The highest BCUT2D eigenvalue weighted by molar-refractivity contribution is 5.59. The molecule has 22 heavy (non-hydrogen) atoms. The minimum absolute atomic E-state index is 0.161. The summed E-state index contributed by atoms with van der Waals surface area (Å²) in [5.41, 5.74) is 4.63. The van der Waals surface area contributed by atoms with Crippen LogP contribution in [0.4, 0.5) is 10.1 Å². The number of anilines is 1. The van der Waals surface area contributed by atoms with Crippen LogP contribution < -0.4 is 9.64 Å². The van der Waals surface area contributed by atoms with Crippen molar-refractivity contribution in [3.63, 3.8) is 0 Å². The molecule has 116 valence electrons. The minimum Gasteiger partial charge on any atom is -0.491 e. The van der Waals surface area contributed by atoms with Crippen LogP contribution in [0.15, 0.2) is 36.4 Å². The number of aryl methyl sites for hydroxylation is 2. The topological polar surface area (TPSA) is 12.5 Å². The third kappa shape index (κ3) is 2.94. The van der Waals surface area contributed by atoms with Gasteiger partial charge < -0.3 is 9.64 Å². The number of halogens is 1. The van der Waals surface area contributed by atoms with E-state index in [0.29, 0.717) is 6.61 Å². The van der Waals surface area contributed by atoms with E-state index in [2.05, 4.69) is 43.9 Å². The standard InChI is InChI=1S/C19H22FNO/c1-4-21-17(11-15-10-16(20)5-6-19(15)21)12-22-18-8-13(2)7-14(3)9-18/h5-10,17H,4,11-12H2,1-3H3/t17-/m1/s1. The lowest BCUT2D eigenvalue weighted by atomic mass is 10.1. The summed E-state index contributed by atoms with van der Waals surface area (Å²) in [6.07, 6.45) is 0.839. The van der Waals surface area contributed by atoms with Crippen molar-refractivity contribution in [2.45, 2.75) is 33.2 Å². The third-order valence-corrected chi connectivity index (χ3v) is 4.23. The number of fused-ring (bicyclic) bond motifs is 1. The molecular weight excluding hydrogens is 277 g/mol. The number of ether oxygens (including phenoxy) is 1. The van der Waals surface area contributed by atoms with Crippen molar-refractivity contribution in [3.05, 3.63) is 58.9 Å². The van der Waals surface area contributed by atoms with Crippen molar-refractivity contribution >= 4 is 5.69 Å². The Labute approximate surface area is 131 Å². The van der Waals surface area contributed by atoms with Crippen molar-refractivity contribution in [1.29, 1.82) is 0 Å². The average Bonchev–Trinajstić information content (AvgIpc) is 2.80. The molecule has 0 amide bonds. The number of rotatable bonds is 4. The van der Waals surface area contributed by atoms with Gasteiger partial charge in [0.2, 0.25) is 0 Å². The fraction of sp³-hybridized carbons (Fsp3) is 0.368. The Balaban J connectivity index is 1.73. The molecule has 0 N–H and O–H groups in total. The molecular formula is C19H22FNO. The van der Waals surface area contributed by atoms with Crippen molar-refractivity contribution in [2.24, 2.45) is 0 Å². The van der Waals surface area contributed by atoms with Crippen molar-refractivity contribution in [1.82, 2.24) is 0 Å². The molecule has 0 saturated heterocycles. The fourth-order valence-electron chi connectivity index (χ4n) is 3.34. The van der Waals surface area contributed by atoms with Crippen molar-refractivity contribution in [2.75, 3.05) is 18.1 Å². The molecule has 0 saturated carbocycles. The molecule has 0 bridgehead atoms. The maximum absolute atomic E-state index is 13.4. The second-order valence-electron chi connectivity index (χ2n) is 6.05. The van der Waals surface area contributed by atoms with E-state index < -0.39 is 0 Å². The second-order valence-corrected chi connectivity index (χ2v) is 6.05. The molecule has 1 aliphatic heterocycles. The van der Waals surface area contributed by atoms with Crippen LogP contribution >= 0.6 is 0 Å². The van der Waals surface area contributed by atoms with E-state index >= 15 is 0 Å². The summed E-state index contributed by atoms with van der Waals surface area (Å²) < 4.78 is 19.4. The van der Waals surface area contributed by atoms with Gasteiger partial charge in [-0.15, -0.1) is 0 Å². The monoisotopic (exact) mass is 299 g/mol. The summed E-state index contributed by atoms with van der Waals surface area (Å²) in [5, 5.41) is 0. The van der Waals surface area contributed by atoms with Crippen molar-refractivity contribution < 1.29 is 9.13 Å². The van der Waals surface area contributed by atoms with Crippen LogP contribution in [0, 0.1) is 19.7 Å². The quantitative estimate of drug-likeness (QED) is 0.836. The van der Waals surface area contributed by atoms with Gasteiger partial charge in [-0.25, -0.2) is 4.39 Å². The molecule has 2 aromatic carbocycles. The summed E-state index contributed by atoms with van der Waals surface area (Å²) >= 11 is 0. The van der Waals surface area contributed by atoms with Gasteiger partial charge in [0, 0.05) is 12.2 Å². The van der Waals surface area contributed by atoms with Crippen LogP contribution in [0.1, 0.15) is 23.6 Å². The third-order valence-electron chi connectivity index (χ3n) is 4.23. The number of hydrogen-bond acceptors (Lipinski definition) is 2. The lowest BCUT2D eigenvalue weighted by molar-refractivity contribution is 0.285. The molecule has 1 aliphatic rings. The molecule has 1 heterocycles. The minimum atomic E-state index is -0.161. The maximum atomic E-state index is 13.4. The van der Waals surface area contributed by atoms with E-state index in [0.717, 1.165) is 30.0 Å². The molecule has 0 fully saturated rings. The predicted molar refractivity (Wildman–Crippen MR) is 88.3 cm³/mol. The van der Waals surface area contributed by atoms with E-state index in [1.807, 2.05) is 6.07 Å². The lowest BCUT2D eigenvalue weighted by Crippen LogP contribution is -2.36. The van der Waals surface area contributed by atoms with Crippen molar-refractivity contribution in [3.8, 4) is 5.75 Å². The molecule has 0 aliphatic carbocycles. The highest BCUT2D eigenvalue weighted by atomic mass is 19.1. The largest absolute Gasteiger partial charge is 0.491 e. The second kappa shape index (κ2) is 5.99. The lowest BCUT2D eigenvalue weighted by Gasteiger charge is -2.26.